The fourth-order valence-corrected chi connectivity index (χ4v) is 1.35. The number of aromatic nitrogens is 2. The second-order valence-corrected chi connectivity index (χ2v) is 4.80. The minimum absolute atomic E-state index is 0.369. The molecule has 0 saturated heterocycles. The van der Waals surface area contributed by atoms with Crippen LogP contribution in [0, 0.1) is 0 Å². The van der Waals surface area contributed by atoms with Crippen LogP contribution < -0.4 is 5.32 Å². The third kappa shape index (κ3) is 3.76. The van der Waals surface area contributed by atoms with Crippen LogP contribution in [0.25, 0.3) is 0 Å². The average Bonchev–Trinajstić information content (AvgIpc) is 2.57. The van der Waals surface area contributed by atoms with Gasteiger partial charge in [-0.25, -0.2) is 9.59 Å². The van der Waals surface area contributed by atoms with Gasteiger partial charge in [0.1, 0.15) is 5.60 Å². The lowest BCUT2D eigenvalue weighted by molar-refractivity contribution is -0.139. The van der Waals surface area contributed by atoms with Crippen molar-refractivity contribution in [2.45, 2.75) is 32.4 Å². The van der Waals surface area contributed by atoms with Gasteiger partial charge in [0.05, 0.1) is 5.69 Å². The number of carbonyl (C=O) groups is 2. The summed E-state index contributed by atoms with van der Waals surface area (Å²) in [6, 6.07) is 0.336. The first kappa shape index (κ1) is 14.0. The lowest BCUT2D eigenvalue weighted by atomic mass is 10.2. The summed E-state index contributed by atoms with van der Waals surface area (Å²) in [6.07, 6.45) is 0.679. The van der Waals surface area contributed by atoms with Crippen LogP contribution in [-0.2, 0) is 16.6 Å². The molecule has 1 aromatic rings. The molecule has 0 saturated carbocycles. The maximum Gasteiger partial charge on any atom is 0.408 e. The van der Waals surface area contributed by atoms with Gasteiger partial charge in [-0.2, -0.15) is 5.10 Å². The lowest BCUT2D eigenvalue weighted by Crippen LogP contribution is -2.38. The van der Waals surface area contributed by atoms with Crippen LogP contribution in [0.15, 0.2) is 12.3 Å². The van der Waals surface area contributed by atoms with Crippen molar-refractivity contribution in [1.82, 2.24) is 15.1 Å². The monoisotopic (exact) mass is 255 g/mol. The minimum atomic E-state index is -1.19. The van der Waals surface area contributed by atoms with E-state index in [4.69, 9.17) is 9.84 Å². The van der Waals surface area contributed by atoms with E-state index in [1.54, 1.807) is 27.8 Å². The summed E-state index contributed by atoms with van der Waals surface area (Å²) in [5, 5.41) is 15.3. The molecular formula is C11H17N3O4. The highest BCUT2D eigenvalue weighted by Gasteiger charge is 2.27. The van der Waals surface area contributed by atoms with Crippen LogP contribution in [0.3, 0.4) is 0 Å². The van der Waals surface area contributed by atoms with Crippen molar-refractivity contribution in [2.75, 3.05) is 0 Å². The van der Waals surface area contributed by atoms with E-state index in [9.17, 15) is 9.59 Å². The Kier molecular flexibility index (Phi) is 3.95. The molecule has 0 bridgehead atoms. The van der Waals surface area contributed by atoms with Crippen LogP contribution in [-0.4, -0.2) is 32.6 Å². The summed E-state index contributed by atoms with van der Waals surface area (Å²) < 4.78 is 6.40. The molecule has 1 amide bonds. The maximum atomic E-state index is 11.6. The van der Waals surface area contributed by atoms with Crippen LogP contribution in [0.1, 0.15) is 32.5 Å². The minimum Gasteiger partial charge on any atom is -0.479 e. The van der Waals surface area contributed by atoms with Crippen molar-refractivity contribution in [3.05, 3.63) is 18.0 Å². The third-order valence-corrected chi connectivity index (χ3v) is 2.06. The first-order valence-corrected chi connectivity index (χ1v) is 5.41. The SMILES string of the molecule is Cn1nccc1C(NC(=O)OC(C)(C)C)C(=O)O. The van der Waals surface area contributed by atoms with E-state index in [0.717, 1.165) is 0 Å². The van der Waals surface area contributed by atoms with Crippen LogP contribution >= 0.6 is 0 Å². The Morgan fingerprint density at radius 2 is 2.11 bits per heavy atom. The quantitative estimate of drug-likeness (QED) is 0.842. The second kappa shape index (κ2) is 5.07. The number of hydrogen-bond acceptors (Lipinski definition) is 4. The highest BCUT2D eigenvalue weighted by Crippen LogP contribution is 2.14. The average molecular weight is 255 g/mol. The fraction of sp³-hybridized carbons (Fsp3) is 0.545. The molecule has 0 radical (unpaired) electrons. The van der Waals surface area contributed by atoms with Gasteiger partial charge in [-0.15, -0.1) is 0 Å². The largest absolute Gasteiger partial charge is 0.479 e. The van der Waals surface area contributed by atoms with Gasteiger partial charge in [0.15, 0.2) is 6.04 Å². The Hall–Kier alpha value is -2.05. The molecule has 0 aromatic carbocycles. The Bertz CT molecular complexity index is 447. The fourth-order valence-electron chi connectivity index (χ4n) is 1.35. The summed E-state index contributed by atoms with van der Waals surface area (Å²) in [4.78, 5) is 22.7. The van der Waals surface area contributed by atoms with E-state index in [0.29, 0.717) is 5.69 Å². The van der Waals surface area contributed by atoms with Crippen molar-refractivity contribution in [3.8, 4) is 0 Å². The summed E-state index contributed by atoms with van der Waals surface area (Å²) in [7, 11) is 1.60. The number of nitrogens with one attached hydrogen (secondary N) is 1. The van der Waals surface area contributed by atoms with Gasteiger partial charge >= 0.3 is 12.1 Å². The normalized spacial score (nSPS) is 12.9. The number of amides is 1. The molecule has 7 heteroatoms. The number of ether oxygens (including phenoxy) is 1. The zero-order valence-corrected chi connectivity index (χ0v) is 10.8. The van der Waals surface area contributed by atoms with Gasteiger partial charge < -0.3 is 15.2 Å². The highest BCUT2D eigenvalue weighted by atomic mass is 16.6. The number of carboxylic acid groups (broad SMARTS) is 1. The van der Waals surface area contributed by atoms with Gasteiger partial charge in [0.25, 0.3) is 0 Å². The lowest BCUT2D eigenvalue weighted by Gasteiger charge is -2.22. The van der Waals surface area contributed by atoms with Crippen molar-refractivity contribution in [2.24, 2.45) is 7.05 Å². The van der Waals surface area contributed by atoms with Crippen molar-refractivity contribution in [1.29, 1.82) is 0 Å². The molecule has 1 aromatic heterocycles. The van der Waals surface area contributed by atoms with Gasteiger partial charge in [-0.3, -0.25) is 4.68 Å². The molecular weight excluding hydrogens is 238 g/mol. The second-order valence-electron chi connectivity index (χ2n) is 4.80. The van der Waals surface area contributed by atoms with Crippen LogP contribution in [0.2, 0.25) is 0 Å². The summed E-state index contributed by atoms with van der Waals surface area (Å²) in [6.45, 7) is 5.10. The number of carboxylic acids is 1. The molecule has 1 atom stereocenters. The molecule has 0 fully saturated rings. The summed E-state index contributed by atoms with van der Waals surface area (Å²) >= 11 is 0. The molecule has 100 valence electrons. The predicted molar refractivity (Wildman–Crippen MR) is 63.0 cm³/mol. The number of nitrogens with zero attached hydrogens (tertiary/aromatic N) is 2. The standard InChI is InChI=1S/C11H17N3O4/c1-11(2,3)18-10(17)13-8(9(15)16)7-5-6-12-14(7)4/h5-6,8H,1-4H3,(H,13,17)(H,15,16). The molecule has 18 heavy (non-hydrogen) atoms. The topological polar surface area (TPSA) is 93.5 Å². The third-order valence-electron chi connectivity index (χ3n) is 2.06. The van der Waals surface area contributed by atoms with Crippen LogP contribution in [0.4, 0.5) is 4.79 Å². The summed E-state index contributed by atoms with van der Waals surface area (Å²) in [5.74, 6) is -1.18. The Labute approximate surface area is 105 Å². The zero-order chi connectivity index (χ0) is 13.9. The molecule has 7 nitrogen and oxygen atoms in total. The Morgan fingerprint density at radius 1 is 1.50 bits per heavy atom. The number of aryl methyl sites for hydroxylation is 1. The van der Waals surface area contributed by atoms with E-state index in [1.807, 2.05) is 0 Å². The number of aliphatic carboxylic acids is 1. The van der Waals surface area contributed by atoms with Gasteiger partial charge in [-0.05, 0) is 26.8 Å². The molecule has 0 spiro atoms. The van der Waals surface area contributed by atoms with Gasteiger partial charge in [-0.1, -0.05) is 0 Å². The van der Waals surface area contributed by atoms with E-state index in [1.165, 1.54) is 16.9 Å². The molecule has 2 N–H and O–H groups in total. The molecule has 1 unspecified atom stereocenters. The molecule has 0 aliphatic rings. The Morgan fingerprint density at radius 3 is 2.50 bits per heavy atom. The highest BCUT2D eigenvalue weighted by molar-refractivity contribution is 5.81. The first-order chi connectivity index (χ1) is 8.20. The number of hydrogen-bond donors (Lipinski definition) is 2. The number of alkyl carbamates (subject to hydrolysis) is 1. The van der Waals surface area contributed by atoms with E-state index >= 15 is 0 Å². The molecule has 0 aliphatic heterocycles. The van der Waals surface area contributed by atoms with E-state index in [-0.39, 0.29) is 0 Å². The van der Waals surface area contributed by atoms with Crippen LogP contribution in [0.5, 0.6) is 0 Å². The molecule has 1 heterocycles. The Balaban J connectivity index is 2.80. The number of rotatable bonds is 3. The maximum absolute atomic E-state index is 11.6. The number of carbonyl (C=O) groups excluding carboxylic acids is 1. The van der Waals surface area contributed by atoms with Crippen molar-refractivity contribution < 1.29 is 19.4 Å². The molecule has 0 aliphatic carbocycles. The first-order valence-electron chi connectivity index (χ1n) is 5.41. The predicted octanol–water partition coefficient (Wildman–Crippen LogP) is 1.07. The van der Waals surface area contributed by atoms with Gasteiger partial charge in [0.2, 0.25) is 0 Å². The van der Waals surface area contributed by atoms with Crippen molar-refractivity contribution in [3.63, 3.8) is 0 Å². The zero-order valence-electron chi connectivity index (χ0n) is 10.8. The van der Waals surface area contributed by atoms with E-state index < -0.39 is 23.7 Å². The smallest absolute Gasteiger partial charge is 0.408 e. The van der Waals surface area contributed by atoms with Crippen molar-refractivity contribution >= 4 is 12.1 Å². The summed E-state index contributed by atoms with van der Waals surface area (Å²) in [5.41, 5.74) is -0.312. The van der Waals surface area contributed by atoms with E-state index in [2.05, 4.69) is 10.4 Å². The molecule has 1 rings (SSSR count). The van der Waals surface area contributed by atoms with Gasteiger partial charge in [0, 0.05) is 13.2 Å².